The van der Waals surface area contributed by atoms with E-state index in [1.165, 1.54) is 0 Å². The molecule has 0 fully saturated rings. The maximum Gasteiger partial charge on any atom is 0.216 e. The summed E-state index contributed by atoms with van der Waals surface area (Å²) in [5.41, 5.74) is -0.291. The number of ketones is 4. The zero-order chi connectivity index (χ0) is 13.3. The minimum Gasteiger partial charge on any atom is -0.299 e. The van der Waals surface area contributed by atoms with Crippen LogP contribution in [0.4, 0.5) is 0 Å². The van der Waals surface area contributed by atoms with Crippen molar-refractivity contribution in [1.29, 1.82) is 0 Å². The Hall–Kier alpha value is -1.26. The van der Waals surface area contributed by atoms with Crippen molar-refractivity contribution in [3.05, 3.63) is 21.7 Å². The highest BCUT2D eigenvalue weighted by atomic mass is 35.5. The van der Waals surface area contributed by atoms with Crippen molar-refractivity contribution < 1.29 is 19.2 Å². The van der Waals surface area contributed by atoms with E-state index in [9.17, 15) is 19.2 Å². The number of rotatable bonds is 3. The van der Waals surface area contributed by atoms with E-state index in [0.29, 0.717) is 0 Å². The van der Waals surface area contributed by atoms with Crippen molar-refractivity contribution in [2.45, 2.75) is 13.8 Å². The average molecular weight is 275 g/mol. The molecule has 0 aromatic carbocycles. The molecule has 0 aliphatic heterocycles. The molecule has 0 aromatic rings. The highest BCUT2D eigenvalue weighted by molar-refractivity contribution is 6.58. The summed E-state index contributed by atoms with van der Waals surface area (Å²) in [6.45, 7) is 2.31. The summed E-state index contributed by atoms with van der Waals surface area (Å²) in [6.07, 6.45) is 0.865. The fourth-order valence-corrected chi connectivity index (χ4v) is 2.10. The Balaban J connectivity index is 3.38. The van der Waals surface area contributed by atoms with Crippen LogP contribution in [-0.4, -0.2) is 23.1 Å². The quantitative estimate of drug-likeness (QED) is 0.578. The highest BCUT2D eigenvalue weighted by Crippen LogP contribution is 2.30. The van der Waals surface area contributed by atoms with Crippen LogP contribution in [0.1, 0.15) is 13.8 Å². The predicted octanol–water partition coefficient (Wildman–Crippen LogP) is 1.55. The van der Waals surface area contributed by atoms with Gasteiger partial charge in [-0.3, -0.25) is 19.2 Å². The molecule has 0 aromatic heterocycles. The number of hydrogen-bond acceptors (Lipinski definition) is 4. The van der Waals surface area contributed by atoms with Crippen molar-refractivity contribution in [3.63, 3.8) is 0 Å². The van der Waals surface area contributed by atoms with Crippen LogP contribution in [0.3, 0.4) is 0 Å². The Morgan fingerprint density at radius 1 is 1.12 bits per heavy atom. The molecule has 0 spiro atoms. The molecule has 0 saturated carbocycles. The maximum atomic E-state index is 11.7. The molecule has 1 aliphatic rings. The molecule has 1 rings (SSSR count). The van der Waals surface area contributed by atoms with Crippen LogP contribution in [0.2, 0.25) is 0 Å². The maximum absolute atomic E-state index is 11.7. The van der Waals surface area contributed by atoms with Gasteiger partial charge in [-0.2, -0.15) is 0 Å². The SMILES string of the molecule is CC(=O)C(C(C)=O)C1=C(Cl)C(=O)C(Cl)=CC1=O. The fraction of sp³-hybridized carbons (Fsp3) is 0.273. The van der Waals surface area contributed by atoms with Gasteiger partial charge in [-0.1, -0.05) is 23.2 Å². The number of allylic oxidation sites excluding steroid dienone is 4. The number of Topliss-reactive ketones (excluding diaryl/α,β-unsaturated/α-hetero) is 3. The summed E-state index contributed by atoms with van der Waals surface area (Å²) < 4.78 is 0. The molecule has 0 unspecified atom stereocenters. The average Bonchev–Trinajstić information content (AvgIpc) is 2.19. The Bertz CT molecular complexity index is 486. The summed E-state index contributed by atoms with van der Waals surface area (Å²) in [5.74, 6) is -3.83. The normalized spacial score (nSPS) is 16.4. The largest absolute Gasteiger partial charge is 0.299 e. The molecule has 0 heterocycles. The molecule has 90 valence electrons. The first-order chi connectivity index (χ1) is 7.77. The van der Waals surface area contributed by atoms with Crippen molar-refractivity contribution >= 4 is 46.3 Å². The van der Waals surface area contributed by atoms with Crippen molar-refractivity contribution in [2.24, 2.45) is 5.92 Å². The lowest BCUT2D eigenvalue weighted by Gasteiger charge is -2.17. The fourth-order valence-electron chi connectivity index (χ4n) is 1.56. The molecule has 0 atom stereocenters. The molecule has 1 aliphatic carbocycles. The van der Waals surface area contributed by atoms with E-state index in [1.54, 1.807) is 0 Å². The minimum absolute atomic E-state index is 0.291. The number of carbonyl (C=O) groups excluding carboxylic acids is 4. The Kier molecular flexibility index (Phi) is 4.01. The number of hydrogen-bond donors (Lipinski definition) is 0. The molecule has 0 N–H and O–H groups in total. The monoisotopic (exact) mass is 274 g/mol. The predicted molar refractivity (Wildman–Crippen MR) is 61.7 cm³/mol. The summed E-state index contributed by atoms with van der Waals surface area (Å²) in [5, 5.41) is -0.785. The van der Waals surface area contributed by atoms with Gasteiger partial charge in [0.05, 0.1) is 10.1 Å². The van der Waals surface area contributed by atoms with Crippen LogP contribution in [-0.2, 0) is 19.2 Å². The Morgan fingerprint density at radius 2 is 1.59 bits per heavy atom. The molecule has 0 amide bonds. The van der Waals surface area contributed by atoms with Gasteiger partial charge in [0.15, 0.2) is 5.78 Å². The van der Waals surface area contributed by atoms with Crippen molar-refractivity contribution in [1.82, 2.24) is 0 Å². The highest BCUT2D eigenvalue weighted by Gasteiger charge is 2.36. The summed E-state index contributed by atoms with van der Waals surface area (Å²) in [6, 6.07) is 0. The second-order valence-corrected chi connectivity index (χ2v) is 4.35. The van der Waals surface area contributed by atoms with E-state index in [1.807, 2.05) is 0 Å². The van der Waals surface area contributed by atoms with Crippen molar-refractivity contribution in [2.75, 3.05) is 0 Å². The third-order valence-electron chi connectivity index (χ3n) is 2.28. The summed E-state index contributed by atoms with van der Waals surface area (Å²) in [7, 11) is 0. The number of carbonyl (C=O) groups is 4. The van der Waals surface area contributed by atoms with Gasteiger partial charge >= 0.3 is 0 Å². The van der Waals surface area contributed by atoms with Crippen LogP contribution in [0, 0.1) is 5.92 Å². The molecule has 17 heavy (non-hydrogen) atoms. The topological polar surface area (TPSA) is 68.3 Å². The first kappa shape index (κ1) is 13.8. The van der Waals surface area contributed by atoms with Gasteiger partial charge < -0.3 is 0 Å². The van der Waals surface area contributed by atoms with Crippen LogP contribution >= 0.6 is 23.2 Å². The van der Waals surface area contributed by atoms with E-state index in [0.717, 1.165) is 19.9 Å². The van der Waals surface area contributed by atoms with Crippen LogP contribution < -0.4 is 0 Å². The zero-order valence-electron chi connectivity index (χ0n) is 9.04. The molecule has 4 nitrogen and oxygen atoms in total. The van der Waals surface area contributed by atoms with Crippen LogP contribution in [0.25, 0.3) is 0 Å². The number of halogens is 2. The van der Waals surface area contributed by atoms with Gasteiger partial charge in [-0.05, 0) is 13.8 Å². The molecule has 0 bridgehead atoms. The van der Waals surface area contributed by atoms with Crippen LogP contribution in [0.5, 0.6) is 0 Å². The first-order valence-corrected chi connectivity index (χ1v) is 5.39. The van der Waals surface area contributed by atoms with Crippen LogP contribution in [0.15, 0.2) is 21.7 Å². The molecule has 0 saturated heterocycles. The van der Waals surface area contributed by atoms with Gasteiger partial charge in [0.1, 0.15) is 17.5 Å². The second kappa shape index (κ2) is 4.94. The standard InChI is InChI=1S/C11H8Cl2O4/c1-4(14)8(5(2)15)9-7(16)3-6(12)11(17)10(9)13/h3,8H,1-2H3. The van der Waals surface area contributed by atoms with E-state index >= 15 is 0 Å². The lowest BCUT2D eigenvalue weighted by molar-refractivity contribution is -0.130. The van der Waals surface area contributed by atoms with Gasteiger partial charge in [-0.15, -0.1) is 0 Å². The zero-order valence-corrected chi connectivity index (χ0v) is 10.6. The van der Waals surface area contributed by atoms with Gasteiger partial charge in [0.25, 0.3) is 0 Å². The van der Waals surface area contributed by atoms with E-state index in [-0.39, 0.29) is 10.6 Å². The molecule has 6 heteroatoms. The minimum atomic E-state index is -1.31. The third kappa shape index (κ3) is 2.53. The summed E-state index contributed by atoms with van der Waals surface area (Å²) >= 11 is 11.2. The lowest BCUT2D eigenvalue weighted by Crippen LogP contribution is -2.29. The molecule has 0 radical (unpaired) electrons. The van der Waals surface area contributed by atoms with E-state index in [4.69, 9.17) is 23.2 Å². The van der Waals surface area contributed by atoms with Gasteiger partial charge in [0, 0.05) is 11.6 Å². The Labute approximate surface area is 107 Å². The Morgan fingerprint density at radius 3 is 2.00 bits per heavy atom. The van der Waals surface area contributed by atoms with Crippen molar-refractivity contribution in [3.8, 4) is 0 Å². The lowest BCUT2D eigenvalue weighted by atomic mass is 9.85. The second-order valence-electron chi connectivity index (χ2n) is 3.57. The van der Waals surface area contributed by atoms with E-state index < -0.39 is 34.1 Å². The smallest absolute Gasteiger partial charge is 0.216 e. The molecular formula is C11H8Cl2O4. The molecular weight excluding hydrogens is 267 g/mol. The van der Waals surface area contributed by atoms with E-state index in [2.05, 4.69) is 0 Å². The van der Waals surface area contributed by atoms with Gasteiger partial charge in [0.2, 0.25) is 5.78 Å². The third-order valence-corrected chi connectivity index (χ3v) is 2.93. The van der Waals surface area contributed by atoms with Gasteiger partial charge in [-0.25, -0.2) is 0 Å². The summed E-state index contributed by atoms with van der Waals surface area (Å²) in [4.78, 5) is 45.8. The first-order valence-electron chi connectivity index (χ1n) is 4.64.